The first kappa shape index (κ1) is 23.4. The number of esters is 2. The van der Waals surface area contributed by atoms with Gasteiger partial charge in [-0.05, 0) is 24.3 Å². The molecule has 2 aromatic rings. The first-order valence-electron chi connectivity index (χ1n) is 8.11. The second kappa shape index (κ2) is 9.30. The van der Waals surface area contributed by atoms with Gasteiger partial charge in [0.1, 0.15) is 0 Å². The number of phenols is 2. The van der Waals surface area contributed by atoms with E-state index in [1.807, 2.05) is 0 Å². The minimum atomic E-state index is -0.722. The van der Waals surface area contributed by atoms with Crippen LogP contribution in [0.2, 0.25) is 20.1 Å². The molecule has 0 heterocycles. The Kier molecular flexibility index (Phi) is 7.51. The molecule has 10 heteroatoms. The van der Waals surface area contributed by atoms with Crippen LogP contribution in [0, 0.1) is 5.41 Å². The summed E-state index contributed by atoms with van der Waals surface area (Å²) in [4.78, 5) is 24.4. The van der Waals surface area contributed by atoms with E-state index in [2.05, 4.69) is 0 Å². The molecule has 0 bridgehead atoms. The number of rotatable bonds is 6. The first-order valence-corrected chi connectivity index (χ1v) is 9.63. The highest BCUT2D eigenvalue weighted by Gasteiger charge is 2.25. The first-order chi connectivity index (χ1) is 13.4. The van der Waals surface area contributed by atoms with Gasteiger partial charge in [-0.2, -0.15) is 0 Å². The van der Waals surface area contributed by atoms with Gasteiger partial charge >= 0.3 is 11.9 Å². The minimum absolute atomic E-state index is 0.0685. The van der Waals surface area contributed by atoms with Crippen molar-refractivity contribution >= 4 is 58.3 Å². The number of hydrogen-bond donors (Lipinski definition) is 2. The van der Waals surface area contributed by atoms with Crippen molar-refractivity contribution in [2.24, 2.45) is 5.41 Å². The summed E-state index contributed by atoms with van der Waals surface area (Å²) in [5.74, 6) is -2.06. The van der Waals surface area contributed by atoms with Crippen LogP contribution < -0.4 is 0 Å². The standard InChI is InChI=1S/C19H16Cl4O6/c1-19(2,7-28-17(26)9-3-11(20)15(24)12(21)4-9)8-29-18(27)10-5-13(22)16(25)14(23)6-10/h3-6,24-25H,7-8H2,1-2H3. The van der Waals surface area contributed by atoms with E-state index in [4.69, 9.17) is 55.9 Å². The highest BCUT2D eigenvalue weighted by Crippen LogP contribution is 2.34. The van der Waals surface area contributed by atoms with Gasteiger partial charge in [-0.25, -0.2) is 9.59 Å². The Bertz CT molecular complexity index is 836. The molecule has 0 saturated heterocycles. The quantitative estimate of drug-likeness (QED) is 0.510. The van der Waals surface area contributed by atoms with Crippen LogP contribution in [-0.2, 0) is 9.47 Å². The summed E-state index contributed by atoms with van der Waals surface area (Å²) in [5.41, 5.74) is -0.585. The zero-order valence-electron chi connectivity index (χ0n) is 15.3. The van der Waals surface area contributed by atoms with Gasteiger partial charge in [-0.3, -0.25) is 0 Å². The van der Waals surface area contributed by atoms with E-state index in [9.17, 15) is 19.8 Å². The summed E-state index contributed by atoms with van der Waals surface area (Å²) in [6.45, 7) is 3.29. The molecule has 0 aliphatic heterocycles. The third kappa shape index (κ3) is 6.06. The zero-order chi connectivity index (χ0) is 21.9. The summed E-state index contributed by atoms with van der Waals surface area (Å²) < 4.78 is 10.5. The van der Waals surface area contributed by atoms with Crippen molar-refractivity contribution in [1.29, 1.82) is 0 Å². The van der Waals surface area contributed by atoms with Crippen molar-refractivity contribution in [3.05, 3.63) is 55.5 Å². The molecule has 0 aromatic heterocycles. The smallest absolute Gasteiger partial charge is 0.338 e. The molecule has 0 spiro atoms. The maximum atomic E-state index is 12.2. The van der Waals surface area contributed by atoms with Crippen molar-refractivity contribution in [3.8, 4) is 11.5 Å². The van der Waals surface area contributed by atoms with E-state index in [-0.39, 0.29) is 55.9 Å². The van der Waals surface area contributed by atoms with Crippen LogP contribution in [0.1, 0.15) is 34.6 Å². The third-order valence-electron chi connectivity index (χ3n) is 3.69. The van der Waals surface area contributed by atoms with E-state index >= 15 is 0 Å². The number of hydrogen-bond acceptors (Lipinski definition) is 6. The van der Waals surface area contributed by atoms with Crippen LogP contribution in [0.4, 0.5) is 0 Å². The molecule has 2 N–H and O–H groups in total. The highest BCUT2D eigenvalue weighted by molar-refractivity contribution is 6.38. The molecule has 156 valence electrons. The normalized spacial score (nSPS) is 11.2. The van der Waals surface area contributed by atoms with Crippen LogP contribution >= 0.6 is 46.4 Å². The van der Waals surface area contributed by atoms with Crippen LogP contribution in [0.3, 0.4) is 0 Å². The zero-order valence-corrected chi connectivity index (χ0v) is 18.3. The summed E-state index contributed by atoms with van der Waals surface area (Å²) in [6, 6.07) is 4.93. The fourth-order valence-electron chi connectivity index (χ4n) is 2.10. The number of halogens is 4. The van der Waals surface area contributed by atoms with Gasteiger partial charge in [0.25, 0.3) is 0 Å². The summed E-state index contributed by atoms with van der Waals surface area (Å²) >= 11 is 23.2. The van der Waals surface area contributed by atoms with Gasteiger partial charge in [0.15, 0.2) is 11.5 Å². The Morgan fingerprint density at radius 1 is 0.759 bits per heavy atom. The lowest BCUT2D eigenvalue weighted by Gasteiger charge is -2.23. The number of phenolic OH excluding ortho intramolecular Hbond substituents is 2. The molecule has 0 fully saturated rings. The fraction of sp³-hybridized carbons (Fsp3) is 0.263. The van der Waals surface area contributed by atoms with Gasteiger partial charge in [0, 0.05) is 5.41 Å². The number of ether oxygens (including phenoxy) is 2. The SMILES string of the molecule is CC(C)(COC(=O)c1cc(Cl)c(O)c(Cl)c1)COC(=O)c1cc(Cl)c(O)c(Cl)c1. The lowest BCUT2D eigenvalue weighted by Crippen LogP contribution is -2.28. The van der Waals surface area contributed by atoms with Crippen molar-refractivity contribution in [1.82, 2.24) is 0 Å². The lowest BCUT2D eigenvalue weighted by molar-refractivity contribution is 0.00616. The molecular formula is C19H16Cl4O6. The molecule has 6 nitrogen and oxygen atoms in total. The Labute approximate surface area is 186 Å². The number of carbonyl (C=O) groups excluding carboxylic acids is 2. The van der Waals surface area contributed by atoms with Crippen molar-refractivity contribution in [2.75, 3.05) is 13.2 Å². The fourth-order valence-corrected chi connectivity index (χ4v) is 3.07. The maximum Gasteiger partial charge on any atom is 0.338 e. The molecule has 0 radical (unpaired) electrons. The molecule has 0 aliphatic rings. The van der Waals surface area contributed by atoms with E-state index in [0.717, 1.165) is 0 Å². The van der Waals surface area contributed by atoms with Gasteiger partial charge in [-0.1, -0.05) is 60.3 Å². The van der Waals surface area contributed by atoms with E-state index < -0.39 is 17.4 Å². The highest BCUT2D eigenvalue weighted by atomic mass is 35.5. The van der Waals surface area contributed by atoms with Crippen LogP contribution in [0.15, 0.2) is 24.3 Å². The Morgan fingerprint density at radius 3 is 1.31 bits per heavy atom. The number of aromatic hydroxyl groups is 2. The summed E-state index contributed by atoms with van der Waals surface area (Å²) in [7, 11) is 0. The molecule has 0 unspecified atom stereocenters. The van der Waals surface area contributed by atoms with Crippen molar-refractivity contribution < 1.29 is 29.3 Å². The van der Waals surface area contributed by atoms with Gasteiger partial charge in [-0.15, -0.1) is 0 Å². The topological polar surface area (TPSA) is 93.1 Å². The molecular weight excluding hydrogens is 466 g/mol. The molecule has 29 heavy (non-hydrogen) atoms. The molecule has 0 aliphatic carbocycles. The maximum absolute atomic E-state index is 12.2. The van der Waals surface area contributed by atoms with E-state index in [0.29, 0.717) is 0 Å². The minimum Gasteiger partial charge on any atom is -0.505 e. The van der Waals surface area contributed by atoms with Crippen LogP contribution in [0.25, 0.3) is 0 Å². The van der Waals surface area contributed by atoms with Crippen LogP contribution in [-0.4, -0.2) is 35.4 Å². The van der Waals surface area contributed by atoms with Crippen molar-refractivity contribution in [2.45, 2.75) is 13.8 Å². The predicted octanol–water partition coefficient (Wildman–Crippen LogP) is 5.75. The molecule has 2 aromatic carbocycles. The van der Waals surface area contributed by atoms with E-state index in [1.54, 1.807) is 13.8 Å². The summed E-state index contributed by atoms with van der Waals surface area (Å²) in [5, 5.41) is 18.8. The molecule has 0 atom stereocenters. The van der Waals surface area contributed by atoms with Gasteiger partial charge < -0.3 is 19.7 Å². The van der Waals surface area contributed by atoms with Gasteiger partial charge in [0.05, 0.1) is 44.4 Å². The predicted molar refractivity (Wildman–Crippen MR) is 111 cm³/mol. The average Bonchev–Trinajstić information content (AvgIpc) is 2.65. The Hall–Kier alpha value is -1.86. The van der Waals surface area contributed by atoms with Crippen LogP contribution in [0.5, 0.6) is 11.5 Å². The Morgan fingerprint density at radius 2 is 1.03 bits per heavy atom. The van der Waals surface area contributed by atoms with E-state index in [1.165, 1.54) is 24.3 Å². The second-order valence-electron chi connectivity index (χ2n) is 6.89. The second-order valence-corrected chi connectivity index (χ2v) is 8.52. The average molecular weight is 482 g/mol. The molecule has 2 rings (SSSR count). The molecule has 0 saturated carbocycles. The molecule has 0 amide bonds. The lowest BCUT2D eigenvalue weighted by atomic mass is 9.96. The number of benzene rings is 2. The largest absolute Gasteiger partial charge is 0.505 e. The monoisotopic (exact) mass is 480 g/mol. The van der Waals surface area contributed by atoms with Crippen molar-refractivity contribution in [3.63, 3.8) is 0 Å². The summed E-state index contributed by atoms with van der Waals surface area (Å²) in [6.07, 6.45) is 0. The number of carbonyl (C=O) groups is 2. The Balaban J connectivity index is 1.96. The van der Waals surface area contributed by atoms with Gasteiger partial charge in [0.2, 0.25) is 0 Å². The third-order valence-corrected chi connectivity index (χ3v) is 4.85.